The number of rotatable bonds is 8. The Balaban J connectivity index is 1.55. The molecule has 0 amide bonds. The van der Waals surface area contributed by atoms with Gasteiger partial charge in [-0.05, 0) is 42.1 Å². The summed E-state index contributed by atoms with van der Waals surface area (Å²) in [6.07, 6.45) is -0.600. The summed E-state index contributed by atoms with van der Waals surface area (Å²) in [5.41, 5.74) is 1.04. The molecule has 0 saturated carbocycles. The lowest BCUT2D eigenvalue weighted by molar-refractivity contribution is 0.184. The van der Waals surface area contributed by atoms with Crippen LogP contribution in [-0.2, 0) is 6.54 Å². The number of ether oxygens (including phenoxy) is 2. The SMILES string of the molecule is CCOc1ccc(CNC(=NC)NCC(O)c2cc3ccccc3s2)cc1OC. The third-order valence-electron chi connectivity index (χ3n) is 4.45. The zero-order valence-electron chi connectivity index (χ0n) is 16.9. The largest absolute Gasteiger partial charge is 0.493 e. The van der Waals surface area contributed by atoms with Crippen molar-refractivity contribution in [2.24, 2.45) is 4.99 Å². The molecule has 3 rings (SSSR count). The minimum atomic E-state index is -0.600. The molecule has 0 saturated heterocycles. The molecule has 6 nitrogen and oxygen atoms in total. The topological polar surface area (TPSA) is 75.1 Å². The molecule has 0 radical (unpaired) electrons. The van der Waals surface area contributed by atoms with Gasteiger partial charge in [0.15, 0.2) is 17.5 Å². The fourth-order valence-corrected chi connectivity index (χ4v) is 4.01. The van der Waals surface area contributed by atoms with E-state index in [2.05, 4.69) is 27.8 Å². The van der Waals surface area contributed by atoms with Crippen molar-refractivity contribution in [1.82, 2.24) is 10.6 Å². The second kappa shape index (κ2) is 10.1. The van der Waals surface area contributed by atoms with Gasteiger partial charge in [-0.25, -0.2) is 0 Å². The van der Waals surface area contributed by atoms with Gasteiger partial charge in [0.05, 0.1) is 13.7 Å². The van der Waals surface area contributed by atoms with Crippen LogP contribution in [0.2, 0.25) is 0 Å². The predicted molar refractivity (Wildman–Crippen MR) is 119 cm³/mol. The fraction of sp³-hybridized carbons (Fsp3) is 0.318. The molecule has 0 bridgehead atoms. The zero-order chi connectivity index (χ0) is 20.6. The Morgan fingerprint density at radius 2 is 1.97 bits per heavy atom. The van der Waals surface area contributed by atoms with E-state index in [4.69, 9.17) is 9.47 Å². The number of fused-ring (bicyclic) bond motifs is 1. The number of aliphatic hydroxyl groups excluding tert-OH is 1. The van der Waals surface area contributed by atoms with E-state index in [1.165, 1.54) is 4.70 Å². The first kappa shape index (κ1) is 21.0. The second-order valence-electron chi connectivity index (χ2n) is 6.43. The average molecular weight is 414 g/mol. The lowest BCUT2D eigenvalue weighted by atomic mass is 10.2. The van der Waals surface area contributed by atoms with Crippen molar-refractivity contribution in [2.75, 3.05) is 27.3 Å². The van der Waals surface area contributed by atoms with E-state index in [-0.39, 0.29) is 0 Å². The number of thiophene rings is 1. The molecule has 1 unspecified atom stereocenters. The summed E-state index contributed by atoms with van der Waals surface area (Å²) in [4.78, 5) is 5.17. The number of guanidine groups is 1. The summed E-state index contributed by atoms with van der Waals surface area (Å²) in [5, 5.41) is 18.1. The maximum absolute atomic E-state index is 10.5. The van der Waals surface area contributed by atoms with Crippen molar-refractivity contribution >= 4 is 27.4 Å². The van der Waals surface area contributed by atoms with Crippen molar-refractivity contribution < 1.29 is 14.6 Å². The number of hydrogen-bond donors (Lipinski definition) is 3. The molecular formula is C22H27N3O3S. The molecule has 29 heavy (non-hydrogen) atoms. The minimum Gasteiger partial charge on any atom is -0.493 e. The number of hydrogen-bond acceptors (Lipinski definition) is 5. The van der Waals surface area contributed by atoms with Crippen LogP contribution < -0.4 is 20.1 Å². The first-order chi connectivity index (χ1) is 14.1. The molecule has 2 aromatic carbocycles. The first-order valence-electron chi connectivity index (χ1n) is 9.55. The molecule has 1 heterocycles. The Bertz CT molecular complexity index is 938. The van der Waals surface area contributed by atoms with E-state index < -0.39 is 6.10 Å². The van der Waals surface area contributed by atoms with E-state index in [9.17, 15) is 5.11 Å². The highest BCUT2D eigenvalue weighted by Crippen LogP contribution is 2.29. The van der Waals surface area contributed by atoms with Crippen LogP contribution in [0.5, 0.6) is 11.5 Å². The minimum absolute atomic E-state index is 0.374. The maximum atomic E-state index is 10.5. The molecule has 0 aliphatic rings. The van der Waals surface area contributed by atoms with Gasteiger partial charge in [-0.3, -0.25) is 4.99 Å². The van der Waals surface area contributed by atoms with Crippen LogP contribution in [0.3, 0.4) is 0 Å². The molecule has 0 fully saturated rings. The second-order valence-corrected chi connectivity index (χ2v) is 7.54. The van der Waals surface area contributed by atoms with E-state index in [1.807, 2.05) is 43.3 Å². The van der Waals surface area contributed by atoms with Crippen LogP contribution in [0.25, 0.3) is 10.1 Å². The summed E-state index contributed by atoms with van der Waals surface area (Å²) in [5.74, 6) is 2.06. The van der Waals surface area contributed by atoms with Gasteiger partial charge in [0, 0.05) is 29.7 Å². The maximum Gasteiger partial charge on any atom is 0.191 e. The van der Waals surface area contributed by atoms with Crippen LogP contribution >= 0.6 is 11.3 Å². The number of benzene rings is 2. The summed E-state index contributed by atoms with van der Waals surface area (Å²) in [7, 11) is 3.34. The normalized spacial score (nSPS) is 12.6. The molecule has 7 heteroatoms. The fourth-order valence-electron chi connectivity index (χ4n) is 2.96. The first-order valence-corrected chi connectivity index (χ1v) is 10.4. The van der Waals surface area contributed by atoms with Crippen LogP contribution in [0.1, 0.15) is 23.5 Å². The third kappa shape index (κ3) is 5.40. The van der Waals surface area contributed by atoms with Gasteiger partial charge in [0.1, 0.15) is 6.10 Å². The Kier molecular flexibility index (Phi) is 7.32. The number of methoxy groups -OCH3 is 1. The number of aliphatic imine (C=N–C) groups is 1. The Morgan fingerprint density at radius 3 is 2.69 bits per heavy atom. The monoisotopic (exact) mass is 413 g/mol. The molecule has 1 atom stereocenters. The summed E-state index contributed by atoms with van der Waals surface area (Å²) in [6.45, 7) is 3.48. The summed E-state index contributed by atoms with van der Waals surface area (Å²) < 4.78 is 12.1. The van der Waals surface area contributed by atoms with Crippen LogP contribution in [0.15, 0.2) is 53.5 Å². The highest BCUT2D eigenvalue weighted by atomic mass is 32.1. The lowest BCUT2D eigenvalue weighted by Gasteiger charge is -2.15. The highest BCUT2D eigenvalue weighted by molar-refractivity contribution is 7.19. The molecule has 0 aliphatic heterocycles. The molecule has 0 aliphatic carbocycles. The summed E-state index contributed by atoms with van der Waals surface area (Å²) >= 11 is 1.61. The van der Waals surface area contributed by atoms with E-state index in [1.54, 1.807) is 25.5 Å². The number of aliphatic hydroxyl groups is 1. The Labute approximate surface area is 175 Å². The van der Waals surface area contributed by atoms with Crippen LogP contribution in [-0.4, -0.2) is 38.4 Å². The van der Waals surface area contributed by atoms with E-state index in [0.717, 1.165) is 21.6 Å². The highest BCUT2D eigenvalue weighted by Gasteiger charge is 2.12. The Morgan fingerprint density at radius 1 is 1.14 bits per heavy atom. The van der Waals surface area contributed by atoms with Crippen molar-refractivity contribution in [2.45, 2.75) is 19.6 Å². The zero-order valence-corrected chi connectivity index (χ0v) is 17.8. The van der Waals surface area contributed by atoms with Gasteiger partial charge in [0.25, 0.3) is 0 Å². The van der Waals surface area contributed by atoms with E-state index in [0.29, 0.717) is 31.4 Å². The van der Waals surface area contributed by atoms with Crippen molar-refractivity contribution in [3.8, 4) is 11.5 Å². The van der Waals surface area contributed by atoms with Crippen molar-refractivity contribution in [3.63, 3.8) is 0 Å². The molecule has 0 spiro atoms. The van der Waals surface area contributed by atoms with Crippen LogP contribution in [0.4, 0.5) is 0 Å². The molecule has 3 N–H and O–H groups in total. The van der Waals surface area contributed by atoms with Gasteiger partial charge in [0.2, 0.25) is 0 Å². The molecule has 3 aromatic rings. The quantitative estimate of drug-likeness (QED) is 0.388. The van der Waals surface area contributed by atoms with Gasteiger partial charge in [-0.1, -0.05) is 24.3 Å². The van der Waals surface area contributed by atoms with Crippen molar-refractivity contribution in [3.05, 3.63) is 59.0 Å². The number of nitrogens with one attached hydrogen (secondary N) is 2. The molecule has 154 valence electrons. The molecule has 1 aromatic heterocycles. The standard InChI is InChI=1S/C22H27N3O3S/c1-4-28-18-10-9-15(11-19(18)27-3)13-24-22(23-2)25-14-17(26)21-12-16-7-5-6-8-20(16)29-21/h5-12,17,26H,4,13-14H2,1-3H3,(H2,23,24,25). The molecular weight excluding hydrogens is 386 g/mol. The summed E-state index contributed by atoms with van der Waals surface area (Å²) in [6, 6.07) is 16.0. The van der Waals surface area contributed by atoms with Crippen LogP contribution in [0, 0.1) is 0 Å². The lowest BCUT2D eigenvalue weighted by Crippen LogP contribution is -2.38. The van der Waals surface area contributed by atoms with Gasteiger partial charge < -0.3 is 25.2 Å². The van der Waals surface area contributed by atoms with E-state index >= 15 is 0 Å². The predicted octanol–water partition coefficient (Wildman–Crippen LogP) is 3.71. The third-order valence-corrected chi connectivity index (χ3v) is 5.66. The Hall–Kier alpha value is -2.77. The van der Waals surface area contributed by atoms with Gasteiger partial charge in [-0.15, -0.1) is 11.3 Å². The van der Waals surface area contributed by atoms with Crippen molar-refractivity contribution in [1.29, 1.82) is 0 Å². The average Bonchev–Trinajstić information content (AvgIpc) is 3.19. The van der Waals surface area contributed by atoms with Gasteiger partial charge >= 0.3 is 0 Å². The van der Waals surface area contributed by atoms with Gasteiger partial charge in [-0.2, -0.15) is 0 Å². The number of nitrogens with zero attached hydrogens (tertiary/aromatic N) is 1. The smallest absolute Gasteiger partial charge is 0.191 e.